The number of rotatable bonds is 1. The Hall–Kier alpha value is -1.35. The molecule has 4 heteroatoms. The van der Waals surface area contributed by atoms with E-state index in [0.29, 0.717) is 5.15 Å². The lowest BCUT2D eigenvalue weighted by molar-refractivity contribution is 0.858. The lowest BCUT2D eigenvalue weighted by Gasteiger charge is -1.94. The van der Waals surface area contributed by atoms with E-state index >= 15 is 0 Å². The van der Waals surface area contributed by atoms with Crippen LogP contribution < -0.4 is 0 Å². The van der Waals surface area contributed by atoms with E-state index in [-0.39, 0.29) is 0 Å². The van der Waals surface area contributed by atoms with Gasteiger partial charge in [-0.15, -0.1) is 0 Å². The van der Waals surface area contributed by atoms with Crippen LogP contribution in [0.1, 0.15) is 19.7 Å². The minimum Gasteiger partial charge on any atom is -0.338 e. The summed E-state index contributed by atoms with van der Waals surface area (Å²) in [7, 11) is 1.97. The Bertz CT molecular complexity index is 426. The first-order valence-electron chi connectivity index (χ1n) is 5.29. The van der Waals surface area contributed by atoms with E-state index < -0.39 is 0 Å². The smallest absolute Gasteiger partial charge is 0.129 e. The first-order valence-corrected chi connectivity index (χ1v) is 5.66. The SMILES string of the molecule is CC.Cc1nc(-c2ccc(Cl)nc2)cn1C. The van der Waals surface area contributed by atoms with Crippen LogP contribution in [0.5, 0.6) is 0 Å². The Morgan fingerprint density at radius 1 is 1.25 bits per heavy atom. The second-order valence-electron chi connectivity index (χ2n) is 3.15. The highest BCUT2D eigenvalue weighted by Crippen LogP contribution is 2.18. The fourth-order valence-electron chi connectivity index (χ4n) is 1.23. The lowest BCUT2D eigenvalue weighted by atomic mass is 10.2. The molecular formula is C12H16ClN3. The number of imidazole rings is 1. The summed E-state index contributed by atoms with van der Waals surface area (Å²) in [6.07, 6.45) is 3.70. The van der Waals surface area contributed by atoms with Gasteiger partial charge in [0.05, 0.1) is 5.69 Å². The monoisotopic (exact) mass is 237 g/mol. The Morgan fingerprint density at radius 2 is 1.94 bits per heavy atom. The number of aromatic nitrogens is 3. The predicted molar refractivity (Wildman–Crippen MR) is 67.5 cm³/mol. The van der Waals surface area contributed by atoms with Crippen LogP contribution in [0.2, 0.25) is 5.15 Å². The van der Waals surface area contributed by atoms with Crippen LogP contribution in [0.15, 0.2) is 24.5 Å². The Morgan fingerprint density at radius 3 is 2.38 bits per heavy atom. The van der Waals surface area contributed by atoms with Gasteiger partial charge in [-0.05, 0) is 19.1 Å². The largest absolute Gasteiger partial charge is 0.338 e. The molecule has 0 aliphatic carbocycles. The van der Waals surface area contributed by atoms with Crippen LogP contribution in [-0.2, 0) is 7.05 Å². The molecule has 0 unspecified atom stereocenters. The average Bonchev–Trinajstić information content (AvgIpc) is 2.63. The van der Waals surface area contributed by atoms with Crippen molar-refractivity contribution in [3.63, 3.8) is 0 Å². The Labute approximate surface area is 101 Å². The molecule has 0 bridgehead atoms. The fourth-order valence-corrected chi connectivity index (χ4v) is 1.34. The van der Waals surface area contributed by atoms with E-state index in [0.717, 1.165) is 17.1 Å². The first-order chi connectivity index (χ1) is 7.66. The summed E-state index contributed by atoms with van der Waals surface area (Å²) in [5, 5.41) is 0.501. The van der Waals surface area contributed by atoms with Crippen molar-refractivity contribution in [2.75, 3.05) is 0 Å². The molecule has 0 saturated heterocycles. The van der Waals surface area contributed by atoms with Crippen LogP contribution >= 0.6 is 11.6 Å². The van der Waals surface area contributed by atoms with E-state index in [1.807, 2.05) is 44.6 Å². The molecule has 0 radical (unpaired) electrons. The van der Waals surface area contributed by atoms with Crippen molar-refractivity contribution in [1.82, 2.24) is 14.5 Å². The Kier molecular flexibility index (Phi) is 4.50. The van der Waals surface area contributed by atoms with Gasteiger partial charge >= 0.3 is 0 Å². The molecule has 0 saturated carbocycles. The number of hydrogen-bond acceptors (Lipinski definition) is 2. The highest BCUT2D eigenvalue weighted by atomic mass is 35.5. The maximum atomic E-state index is 5.70. The molecule has 0 spiro atoms. The topological polar surface area (TPSA) is 30.7 Å². The number of nitrogens with zero attached hydrogens (tertiary/aromatic N) is 3. The molecule has 0 aromatic carbocycles. The second kappa shape index (κ2) is 5.66. The molecule has 0 atom stereocenters. The molecule has 2 aromatic rings. The van der Waals surface area contributed by atoms with Crippen LogP contribution in [0.25, 0.3) is 11.3 Å². The van der Waals surface area contributed by atoms with Crippen LogP contribution in [-0.4, -0.2) is 14.5 Å². The maximum absolute atomic E-state index is 5.70. The fraction of sp³-hybridized carbons (Fsp3) is 0.333. The van der Waals surface area contributed by atoms with Gasteiger partial charge in [-0.2, -0.15) is 0 Å². The molecule has 2 aromatic heterocycles. The van der Waals surface area contributed by atoms with Gasteiger partial charge in [0.15, 0.2) is 0 Å². The summed E-state index contributed by atoms with van der Waals surface area (Å²) in [6, 6.07) is 3.68. The maximum Gasteiger partial charge on any atom is 0.129 e. The molecule has 16 heavy (non-hydrogen) atoms. The van der Waals surface area contributed by atoms with E-state index in [2.05, 4.69) is 9.97 Å². The molecular weight excluding hydrogens is 222 g/mol. The number of pyridine rings is 1. The molecule has 0 aliphatic rings. The van der Waals surface area contributed by atoms with E-state index in [9.17, 15) is 0 Å². The van der Waals surface area contributed by atoms with Crippen molar-refractivity contribution in [3.05, 3.63) is 35.5 Å². The second-order valence-corrected chi connectivity index (χ2v) is 3.54. The quantitative estimate of drug-likeness (QED) is 0.711. The summed E-state index contributed by atoms with van der Waals surface area (Å²) < 4.78 is 1.98. The summed E-state index contributed by atoms with van der Waals surface area (Å²) in [5.74, 6) is 0.981. The standard InChI is InChI=1S/C10H10ClN3.C2H6/c1-7-13-9(6-14(7)2)8-3-4-10(11)12-5-8;1-2/h3-6H,1-2H3;1-2H3. The van der Waals surface area contributed by atoms with Gasteiger partial charge in [-0.1, -0.05) is 25.4 Å². The lowest BCUT2D eigenvalue weighted by Crippen LogP contribution is -1.86. The zero-order valence-electron chi connectivity index (χ0n) is 10.0. The van der Waals surface area contributed by atoms with Crippen molar-refractivity contribution >= 4 is 11.6 Å². The normalized spacial score (nSPS) is 9.56. The van der Waals surface area contributed by atoms with Crippen LogP contribution in [0, 0.1) is 6.92 Å². The molecule has 0 amide bonds. The van der Waals surface area contributed by atoms with Gasteiger partial charge in [0.25, 0.3) is 0 Å². The molecule has 2 heterocycles. The van der Waals surface area contributed by atoms with Crippen LogP contribution in [0.3, 0.4) is 0 Å². The van der Waals surface area contributed by atoms with Gasteiger partial charge in [0.2, 0.25) is 0 Å². The molecule has 3 nitrogen and oxygen atoms in total. The van der Waals surface area contributed by atoms with Gasteiger partial charge in [-0.25, -0.2) is 9.97 Å². The minimum absolute atomic E-state index is 0.501. The first kappa shape index (κ1) is 12.7. The molecule has 0 fully saturated rings. The third-order valence-corrected chi connectivity index (χ3v) is 2.36. The highest BCUT2D eigenvalue weighted by molar-refractivity contribution is 6.29. The molecule has 86 valence electrons. The summed E-state index contributed by atoms with van der Waals surface area (Å²) in [5.41, 5.74) is 1.91. The third-order valence-electron chi connectivity index (χ3n) is 2.13. The summed E-state index contributed by atoms with van der Waals surface area (Å²) >= 11 is 5.70. The van der Waals surface area contributed by atoms with Gasteiger partial charge in [0.1, 0.15) is 11.0 Å². The van der Waals surface area contributed by atoms with E-state index in [1.165, 1.54) is 0 Å². The predicted octanol–water partition coefficient (Wildman–Crippen LogP) is 3.47. The number of hydrogen-bond donors (Lipinski definition) is 0. The van der Waals surface area contributed by atoms with Crippen molar-refractivity contribution in [3.8, 4) is 11.3 Å². The highest BCUT2D eigenvalue weighted by Gasteiger charge is 2.03. The van der Waals surface area contributed by atoms with Crippen molar-refractivity contribution < 1.29 is 0 Å². The molecule has 2 rings (SSSR count). The summed E-state index contributed by atoms with van der Waals surface area (Å²) in [4.78, 5) is 8.40. The van der Waals surface area contributed by atoms with Crippen LogP contribution in [0.4, 0.5) is 0 Å². The number of halogens is 1. The molecule has 0 N–H and O–H groups in total. The Balaban J connectivity index is 0.000000606. The van der Waals surface area contributed by atoms with E-state index in [4.69, 9.17) is 11.6 Å². The van der Waals surface area contributed by atoms with Crippen molar-refractivity contribution in [1.29, 1.82) is 0 Å². The van der Waals surface area contributed by atoms with Crippen molar-refractivity contribution in [2.45, 2.75) is 20.8 Å². The minimum atomic E-state index is 0.501. The zero-order chi connectivity index (χ0) is 12.1. The zero-order valence-corrected chi connectivity index (χ0v) is 10.8. The van der Waals surface area contributed by atoms with Crippen molar-refractivity contribution in [2.24, 2.45) is 7.05 Å². The molecule has 0 aliphatic heterocycles. The summed E-state index contributed by atoms with van der Waals surface area (Å²) in [6.45, 7) is 5.97. The average molecular weight is 238 g/mol. The van der Waals surface area contributed by atoms with Gasteiger partial charge in [0, 0.05) is 25.0 Å². The third kappa shape index (κ3) is 2.83. The number of aryl methyl sites for hydroxylation is 2. The van der Waals surface area contributed by atoms with Gasteiger partial charge in [-0.3, -0.25) is 0 Å². The van der Waals surface area contributed by atoms with E-state index in [1.54, 1.807) is 12.3 Å². The van der Waals surface area contributed by atoms with Gasteiger partial charge < -0.3 is 4.57 Å².